The highest BCUT2D eigenvalue weighted by Gasteiger charge is 2.19. The molecule has 0 fully saturated rings. The van der Waals surface area contributed by atoms with E-state index in [0.717, 1.165) is 26.3 Å². The summed E-state index contributed by atoms with van der Waals surface area (Å²) in [5.74, 6) is -0.947. The molecule has 4 rings (SSSR count). The van der Waals surface area contributed by atoms with E-state index < -0.39 is 5.97 Å². The van der Waals surface area contributed by atoms with Crippen molar-refractivity contribution in [1.29, 1.82) is 0 Å². The second-order valence-electron chi connectivity index (χ2n) is 5.32. The molecule has 6 heteroatoms. The highest BCUT2D eigenvalue weighted by Crippen LogP contribution is 2.24. The fourth-order valence-corrected chi connectivity index (χ4v) is 3.20. The molecule has 0 saturated carbocycles. The zero-order chi connectivity index (χ0) is 16.0. The molecule has 0 aliphatic heterocycles. The van der Waals surface area contributed by atoms with Crippen LogP contribution >= 0.6 is 15.9 Å². The Morgan fingerprint density at radius 3 is 2.58 bits per heavy atom. The lowest BCUT2D eigenvalue weighted by molar-refractivity contribution is -0.594. The summed E-state index contributed by atoms with van der Waals surface area (Å²) in [4.78, 5) is 14.8. The number of carbonyl (C=O) groups is 1. The quantitative estimate of drug-likeness (QED) is 0.492. The lowest BCUT2D eigenvalue weighted by atomic mass is 10.1. The normalized spacial score (nSPS) is 10.7. The van der Waals surface area contributed by atoms with Gasteiger partial charge in [0.15, 0.2) is 12.4 Å². The molecule has 2 heterocycles. The van der Waals surface area contributed by atoms with Gasteiger partial charge in [0.25, 0.3) is 0 Å². The van der Waals surface area contributed by atoms with E-state index in [4.69, 9.17) is 0 Å². The van der Waals surface area contributed by atoms with Crippen LogP contribution in [0.1, 0.15) is 10.4 Å². The molecule has 0 atom stereocenters. The van der Waals surface area contributed by atoms with Gasteiger partial charge in [0.2, 0.25) is 5.69 Å². The van der Waals surface area contributed by atoms with Gasteiger partial charge in [-0.15, -0.1) is 0 Å². The summed E-state index contributed by atoms with van der Waals surface area (Å²) in [6.45, 7) is 0. The van der Waals surface area contributed by atoms with Gasteiger partial charge in [-0.25, -0.2) is 4.79 Å². The molecule has 4 aromatic rings. The number of rotatable bonds is 2. The van der Waals surface area contributed by atoms with Crippen LogP contribution in [0.3, 0.4) is 0 Å². The number of aromatic carboxylic acids is 1. The summed E-state index contributed by atoms with van der Waals surface area (Å²) in [7, 11) is 0. The van der Waals surface area contributed by atoms with Gasteiger partial charge in [-0.05, 0) is 18.2 Å². The third kappa shape index (κ3) is 2.66. The van der Waals surface area contributed by atoms with Gasteiger partial charge in [-0.3, -0.25) is 0 Å². The van der Waals surface area contributed by atoms with Crippen LogP contribution in [0.5, 0.6) is 0 Å². The molecule has 4 nitrogen and oxygen atoms in total. The van der Waals surface area contributed by atoms with Crippen molar-refractivity contribution in [1.82, 2.24) is 4.98 Å². The topological polar surface area (TPSA) is 57.0 Å². The first-order valence-electron chi connectivity index (χ1n) is 7.08. The van der Waals surface area contributed by atoms with Gasteiger partial charge < -0.3 is 22.5 Å². The number of aromatic amines is 1. The van der Waals surface area contributed by atoms with Crippen LogP contribution in [0.4, 0.5) is 0 Å². The van der Waals surface area contributed by atoms with E-state index in [2.05, 4.69) is 27.0 Å². The highest BCUT2D eigenvalue weighted by atomic mass is 79.9. The zero-order valence-corrected chi connectivity index (χ0v) is 14.7. The Bertz CT molecular complexity index is 1080. The first kappa shape index (κ1) is 16.5. The second kappa shape index (κ2) is 6.26. The third-order valence-corrected chi connectivity index (χ3v) is 4.41. The van der Waals surface area contributed by atoms with Crippen LogP contribution in [-0.2, 0) is 0 Å². The maximum atomic E-state index is 11.5. The molecule has 0 aliphatic rings. The average molecular weight is 404 g/mol. The highest BCUT2D eigenvalue weighted by molar-refractivity contribution is 9.10. The smallest absolute Gasteiger partial charge is 0.342 e. The molecule has 0 bridgehead atoms. The number of hydrogen-bond acceptors (Lipinski definition) is 1. The first-order valence-corrected chi connectivity index (χ1v) is 7.88. The molecule has 0 spiro atoms. The van der Waals surface area contributed by atoms with E-state index in [1.54, 1.807) is 18.2 Å². The molecular formula is C18H12BrClN2O2. The maximum absolute atomic E-state index is 11.5. The summed E-state index contributed by atoms with van der Waals surface area (Å²) in [6, 6.07) is 15.2. The lowest BCUT2D eigenvalue weighted by Gasteiger charge is -2.02. The molecule has 24 heavy (non-hydrogen) atoms. The predicted octanol–water partition coefficient (Wildman–Crippen LogP) is 1.06. The number of hydrogen-bond donors (Lipinski definition) is 2. The van der Waals surface area contributed by atoms with Crippen molar-refractivity contribution in [3.05, 3.63) is 71.0 Å². The first-order chi connectivity index (χ1) is 11.1. The van der Waals surface area contributed by atoms with E-state index in [-0.39, 0.29) is 18.0 Å². The van der Waals surface area contributed by atoms with Crippen molar-refractivity contribution in [2.75, 3.05) is 0 Å². The lowest BCUT2D eigenvalue weighted by Crippen LogP contribution is -3.00. The van der Waals surface area contributed by atoms with Crippen LogP contribution in [0.25, 0.3) is 27.5 Å². The number of carboxylic acid groups (broad SMARTS) is 1. The summed E-state index contributed by atoms with van der Waals surface area (Å²) in [5.41, 5.74) is 2.90. The monoisotopic (exact) mass is 402 g/mol. The van der Waals surface area contributed by atoms with E-state index in [9.17, 15) is 9.90 Å². The summed E-state index contributed by atoms with van der Waals surface area (Å²) >= 11 is 3.41. The molecule has 0 aliphatic carbocycles. The number of benzene rings is 2. The third-order valence-electron chi connectivity index (χ3n) is 3.92. The van der Waals surface area contributed by atoms with Crippen LogP contribution in [-0.4, -0.2) is 16.1 Å². The largest absolute Gasteiger partial charge is 1.00 e. The van der Waals surface area contributed by atoms with Crippen molar-refractivity contribution >= 4 is 43.7 Å². The summed E-state index contributed by atoms with van der Waals surface area (Å²) in [5, 5.41) is 11.7. The average Bonchev–Trinajstić information content (AvgIpc) is 2.92. The van der Waals surface area contributed by atoms with E-state index in [0.29, 0.717) is 5.69 Å². The Kier molecular flexibility index (Phi) is 4.30. The van der Waals surface area contributed by atoms with Gasteiger partial charge in [0, 0.05) is 32.9 Å². The number of pyridine rings is 1. The molecule has 0 amide bonds. The molecular weight excluding hydrogens is 392 g/mol. The minimum atomic E-state index is -0.947. The minimum Gasteiger partial charge on any atom is -1.00 e. The fraction of sp³-hybridized carbons (Fsp3) is 0. The molecule has 2 aromatic carbocycles. The molecule has 2 N–H and O–H groups in total. The molecule has 0 saturated heterocycles. The summed E-state index contributed by atoms with van der Waals surface area (Å²) < 4.78 is 2.66. The Morgan fingerprint density at radius 1 is 1.04 bits per heavy atom. The maximum Gasteiger partial charge on any atom is 0.342 e. The number of aromatic nitrogens is 2. The number of H-pyrrole nitrogens is 1. The Labute approximate surface area is 152 Å². The minimum absolute atomic E-state index is 0. The Hall–Kier alpha value is -2.37. The van der Waals surface area contributed by atoms with Gasteiger partial charge >= 0.3 is 5.97 Å². The number of nitrogens with one attached hydrogen (secondary N) is 1. The van der Waals surface area contributed by atoms with Crippen molar-refractivity contribution in [3.8, 4) is 5.69 Å². The fourth-order valence-electron chi connectivity index (χ4n) is 2.85. The van der Waals surface area contributed by atoms with Gasteiger partial charge in [0.1, 0.15) is 11.1 Å². The zero-order valence-electron chi connectivity index (χ0n) is 12.3. The van der Waals surface area contributed by atoms with Crippen LogP contribution in [0.15, 0.2) is 65.4 Å². The van der Waals surface area contributed by atoms with Crippen molar-refractivity contribution in [2.45, 2.75) is 0 Å². The number of halogens is 2. The van der Waals surface area contributed by atoms with Gasteiger partial charge in [0.05, 0.1) is 0 Å². The molecule has 2 aromatic heterocycles. The van der Waals surface area contributed by atoms with E-state index >= 15 is 0 Å². The molecule has 0 unspecified atom stereocenters. The Morgan fingerprint density at radius 2 is 1.79 bits per heavy atom. The van der Waals surface area contributed by atoms with E-state index in [1.165, 1.54) is 0 Å². The standard InChI is InChI=1S/C18H11BrN2O2.ClH/c19-11-5-6-14(18(22)23)17(9-11)21-8-7-13-12-3-1-2-4-15(12)20-16(13)10-21;/h1-10H,(H,22,23);1H. The van der Waals surface area contributed by atoms with Crippen LogP contribution in [0, 0.1) is 0 Å². The van der Waals surface area contributed by atoms with Gasteiger partial charge in [-0.1, -0.05) is 34.1 Å². The number of nitrogens with zero attached hydrogens (tertiary/aromatic N) is 1. The predicted molar refractivity (Wildman–Crippen MR) is 92.0 cm³/mol. The van der Waals surface area contributed by atoms with Crippen molar-refractivity contribution in [2.24, 2.45) is 0 Å². The molecule has 0 radical (unpaired) electrons. The van der Waals surface area contributed by atoms with Gasteiger partial charge in [-0.2, -0.15) is 4.57 Å². The molecule has 120 valence electrons. The van der Waals surface area contributed by atoms with Crippen molar-refractivity contribution in [3.63, 3.8) is 0 Å². The second-order valence-corrected chi connectivity index (χ2v) is 6.23. The van der Waals surface area contributed by atoms with Crippen LogP contribution < -0.4 is 17.0 Å². The number of fused-ring (bicyclic) bond motifs is 3. The van der Waals surface area contributed by atoms with Crippen LogP contribution in [0.2, 0.25) is 0 Å². The van der Waals surface area contributed by atoms with E-state index in [1.807, 2.05) is 41.2 Å². The summed E-state index contributed by atoms with van der Waals surface area (Å²) in [6.07, 6.45) is 3.81. The SMILES string of the molecule is O=C(O)c1ccc(Br)cc1-[n+]1ccc2c(c1)[nH]c1ccccc12.[Cl-]. The number of para-hydroxylation sites is 1. The number of carboxylic acids is 1. The van der Waals surface area contributed by atoms with Crippen molar-refractivity contribution < 1.29 is 26.9 Å². The Balaban J connectivity index is 0.00000169.